The lowest BCUT2D eigenvalue weighted by molar-refractivity contribution is -0.144. The normalized spacial score (nSPS) is 12.8. The molecule has 0 fully saturated rings. The first kappa shape index (κ1) is 30.3. The van der Waals surface area contributed by atoms with E-state index in [0.717, 1.165) is 25.9 Å². The van der Waals surface area contributed by atoms with Gasteiger partial charge in [-0.05, 0) is 76.7 Å². The summed E-state index contributed by atoms with van der Waals surface area (Å²) >= 11 is 0. The third-order valence-corrected chi connectivity index (χ3v) is 8.88. The van der Waals surface area contributed by atoms with Crippen molar-refractivity contribution in [3.63, 3.8) is 0 Å². The van der Waals surface area contributed by atoms with E-state index in [-0.39, 0.29) is 24.3 Å². The zero-order valence-electron chi connectivity index (χ0n) is 26.0. The number of nitrogens with zero attached hydrogens (tertiary/aromatic N) is 1. The summed E-state index contributed by atoms with van der Waals surface area (Å²) in [5, 5.41) is 5.00. The molecule has 0 heterocycles. The van der Waals surface area contributed by atoms with Gasteiger partial charge in [0.2, 0.25) is 0 Å². The Bertz CT molecular complexity index is 1710. The molecule has 6 rings (SSSR count). The Morgan fingerprint density at radius 2 is 0.956 bits per heavy atom. The fourth-order valence-electron chi connectivity index (χ4n) is 6.55. The molecule has 45 heavy (non-hydrogen) atoms. The Balaban J connectivity index is 1.27. The van der Waals surface area contributed by atoms with Crippen molar-refractivity contribution in [2.45, 2.75) is 31.6 Å². The van der Waals surface area contributed by atoms with Gasteiger partial charge >= 0.3 is 5.97 Å². The molecule has 0 spiro atoms. The standard InChI is InChI=1S/C42H41NO2/c1-2-45-42(44)31-43(27-25-40(34-15-5-3-6-16-34)38-23-21-32-13-9-11-19-36(32)29-38)28-26-41(35-17-7-4-8-18-35)39-24-22-33-14-10-12-20-37(33)30-39/h3-24,29-30,40-41H,2,25-28,31H2,1H3. The number of carbonyl (C=O) groups excluding carboxylic acids is 1. The molecule has 2 unspecified atom stereocenters. The molecule has 3 nitrogen and oxygen atoms in total. The monoisotopic (exact) mass is 591 g/mol. The van der Waals surface area contributed by atoms with Crippen molar-refractivity contribution in [3.05, 3.63) is 168 Å². The number of fused-ring (bicyclic) bond motifs is 2. The molecule has 0 N–H and O–H groups in total. The van der Waals surface area contributed by atoms with E-state index in [1.165, 1.54) is 43.8 Å². The molecule has 0 saturated heterocycles. The van der Waals surface area contributed by atoms with Gasteiger partial charge in [0, 0.05) is 11.8 Å². The van der Waals surface area contributed by atoms with Crippen LogP contribution in [0.5, 0.6) is 0 Å². The minimum absolute atomic E-state index is 0.165. The molecule has 0 bridgehead atoms. The second kappa shape index (κ2) is 14.8. The van der Waals surface area contributed by atoms with Gasteiger partial charge in [0.05, 0.1) is 13.2 Å². The average molecular weight is 592 g/mol. The highest BCUT2D eigenvalue weighted by atomic mass is 16.5. The largest absolute Gasteiger partial charge is 0.465 e. The Morgan fingerprint density at radius 3 is 1.40 bits per heavy atom. The SMILES string of the molecule is CCOC(=O)CN(CCC(c1ccccc1)c1ccc2ccccc2c1)CCC(c1ccccc1)c1ccc2ccccc2c1. The van der Waals surface area contributed by atoms with Crippen molar-refractivity contribution >= 4 is 27.5 Å². The zero-order chi connectivity index (χ0) is 30.8. The highest BCUT2D eigenvalue weighted by Gasteiger charge is 2.21. The van der Waals surface area contributed by atoms with Crippen molar-refractivity contribution in [2.75, 3.05) is 26.2 Å². The maximum Gasteiger partial charge on any atom is 0.320 e. The van der Waals surface area contributed by atoms with Gasteiger partial charge < -0.3 is 4.74 Å². The number of esters is 1. The molecular weight excluding hydrogens is 550 g/mol. The summed E-state index contributed by atoms with van der Waals surface area (Å²) in [6.07, 6.45) is 1.79. The summed E-state index contributed by atoms with van der Waals surface area (Å²) in [5.74, 6) is 0.262. The fourth-order valence-corrected chi connectivity index (χ4v) is 6.55. The van der Waals surface area contributed by atoms with Crippen LogP contribution in [0.3, 0.4) is 0 Å². The van der Waals surface area contributed by atoms with Crippen LogP contribution in [0.1, 0.15) is 53.9 Å². The fraction of sp³-hybridized carbons (Fsp3) is 0.214. The summed E-state index contributed by atoms with van der Waals surface area (Å²) in [4.78, 5) is 15.1. The molecule has 0 amide bonds. The van der Waals surface area contributed by atoms with E-state index in [9.17, 15) is 4.79 Å². The molecule has 6 aromatic carbocycles. The lowest BCUT2D eigenvalue weighted by atomic mass is 9.86. The van der Waals surface area contributed by atoms with E-state index < -0.39 is 0 Å². The van der Waals surface area contributed by atoms with E-state index in [0.29, 0.717) is 6.61 Å². The van der Waals surface area contributed by atoms with Crippen molar-refractivity contribution in [1.82, 2.24) is 4.90 Å². The molecule has 0 radical (unpaired) electrons. The summed E-state index contributed by atoms with van der Waals surface area (Å²) in [7, 11) is 0. The summed E-state index contributed by atoms with van der Waals surface area (Å²) < 4.78 is 5.44. The molecular formula is C42H41NO2. The first-order valence-electron chi connectivity index (χ1n) is 16.1. The number of ether oxygens (including phenoxy) is 1. The molecule has 0 saturated carbocycles. The predicted molar refractivity (Wildman–Crippen MR) is 187 cm³/mol. The minimum Gasteiger partial charge on any atom is -0.465 e. The number of hydrogen-bond donors (Lipinski definition) is 0. The van der Waals surface area contributed by atoms with Crippen molar-refractivity contribution in [3.8, 4) is 0 Å². The van der Waals surface area contributed by atoms with E-state index in [4.69, 9.17) is 4.74 Å². The van der Waals surface area contributed by atoms with Gasteiger partial charge in [-0.25, -0.2) is 0 Å². The maximum absolute atomic E-state index is 12.9. The Kier molecular flexibility index (Phi) is 9.99. The summed E-state index contributed by atoms with van der Waals surface area (Å²) in [6.45, 7) is 4.11. The van der Waals surface area contributed by atoms with Crippen LogP contribution >= 0.6 is 0 Å². The smallest absolute Gasteiger partial charge is 0.320 e. The van der Waals surface area contributed by atoms with E-state index in [2.05, 4.69) is 150 Å². The number of hydrogen-bond acceptors (Lipinski definition) is 3. The van der Waals surface area contributed by atoms with Crippen LogP contribution in [0, 0.1) is 0 Å². The number of benzene rings is 6. The molecule has 3 heteroatoms. The molecule has 0 aliphatic carbocycles. The Morgan fingerprint density at radius 1 is 0.533 bits per heavy atom. The quantitative estimate of drug-likeness (QED) is 0.125. The van der Waals surface area contributed by atoms with Gasteiger partial charge in [0.1, 0.15) is 0 Å². The van der Waals surface area contributed by atoms with Gasteiger partial charge in [0.25, 0.3) is 0 Å². The molecule has 226 valence electrons. The lowest BCUT2D eigenvalue weighted by Gasteiger charge is -2.27. The first-order chi connectivity index (χ1) is 22.2. The van der Waals surface area contributed by atoms with Crippen LogP contribution in [-0.4, -0.2) is 37.1 Å². The predicted octanol–water partition coefficient (Wildman–Crippen LogP) is 9.60. The van der Waals surface area contributed by atoms with Crippen LogP contribution < -0.4 is 0 Å². The van der Waals surface area contributed by atoms with Crippen LogP contribution in [0.4, 0.5) is 0 Å². The Labute approximate surface area is 267 Å². The zero-order valence-corrected chi connectivity index (χ0v) is 26.0. The molecule has 2 atom stereocenters. The molecule has 6 aromatic rings. The third-order valence-electron chi connectivity index (χ3n) is 8.88. The average Bonchev–Trinajstić information content (AvgIpc) is 3.09. The van der Waals surface area contributed by atoms with Gasteiger partial charge in [-0.1, -0.05) is 146 Å². The highest BCUT2D eigenvalue weighted by molar-refractivity contribution is 5.84. The Hall–Kier alpha value is -4.73. The van der Waals surface area contributed by atoms with Crippen LogP contribution in [0.2, 0.25) is 0 Å². The first-order valence-corrected chi connectivity index (χ1v) is 16.1. The summed E-state index contributed by atoms with van der Waals surface area (Å²) in [5.41, 5.74) is 5.19. The minimum atomic E-state index is -0.165. The second-order valence-electron chi connectivity index (χ2n) is 11.8. The van der Waals surface area contributed by atoms with Crippen LogP contribution in [-0.2, 0) is 9.53 Å². The third kappa shape index (κ3) is 7.68. The van der Waals surface area contributed by atoms with E-state index in [1.807, 2.05) is 6.92 Å². The van der Waals surface area contributed by atoms with Crippen molar-refractivity contribution < 1.29 is 9.53 Å². The van der Waals surface area contributed by atoms with Gasteiger partial charge in [-0.2, -0.15) is 0 Å². The number of rotatable bonds is 13. The highest BCUT2D eigenvalue weighted by Crippen LogP contribution is 2.33. The van der Waals surface area contributed by atoms with E-state index >= 15 is 0 Å². The van der Waals surface area contributed by atoms with Crippen LogP contribution in [0.15, 0.2) is 146 Å². The molecule has 0 aliphatic heterocycles. The lowest BCUT2D eigenvalue weighted by Crippen LogP contribution is -2.34. The van der Waals surface area contributed by atoms with Crippen molar-refractivity contribution in [1.29, 1.82) is 0 Å². The van der Waals surface area contributed by atoms with Gasteiger partial charge in [-0.3, -0.25) is 9.69 Å². The number of carbonyl (C=O) groups is 1. The molecule has 0 aromatic heterocycles. The van der Waals surface area contributed by atoms with E-state index in [1.54, 1.807) is 0 Å². The van der Waals surface area contributed by atoms with Gasteiger partial charge in [-0.15, -0.1) is 0 Å². The maximum atomic E-state index is 12.9. The topological polar surface area (TPSA) is 29.5 Å². The summed E-state index contributed by atoms with van der Waals surface area (Å²) in [6, 6.07) is 52.2. The second-order valence-corrected chi connectivity index (χ2v) is 11.8. The molecule has 0 aliphatic rings. The van der Waals surface area contributed by atoms with Crippen LogP contribution in [0.25, 0.3) is 21.5 Å². The van der Waals surface area contributed by atoms with Crippen molar-refractivity contribution in [2.24, 2.45) is 0 Å². The van der Waals surface area contributed by atoms with Gasteiger partial charge in [0.15, 0.2) is 0 Å².